The van der Waals surface area contributed by atoms with Crippen LogP contribution < -0.4 is 0 Å². The van der Waals surface area contributed by atoms with Crippen LogP contribution in [-0.4, -0.2) is 51.5 Å². The van der Waals surface area contributed by atoms with Gasteiger partial charge in [0, 0.05) is 33.5 Å². The Balaban J connectivity index is 1.93. The average molecular weight is 333 g/mol. The minimum atomic E-state index is 0.00526. The third kappa shape index (κ3) is 5.44. The molecule has 0 fully saturated rings. The summed E-state index contributed by atoms with van der Waals surface area (Å²) in [5.41, 5.74) is 2.24. The van der Waals surface area contributed by atoms with Crippen molar-refractivity contribution in [2.24, 2.45) is 5.92 Å². The lowest BCUT2D eigenvalue weighted by atomic mass is 9.97. The lowest BCUT2D eigenvalue weighted by Crippen LogP contribution is -2.29. The number of nitrogens with zero attached hydrogens (tertiary/aromatic N) is 1. The SMILES string of the molecule is COCO[C@@H]1CC=C(CC(=O)N(C)C)[C@@H]1COCc1ccccc1. The number of carbonyl (C=O) groups is 1. The minimum absolute atomic E-state index is 0.00526. The van der Waals surface area contributed by atoms with Crippen molar-refractivity contribution in [1.82, 2.24) is 4.90 Å². The summed E-state index contributed by atoms with van der Waals surface area (Å²) in [6, 6.07) is 10.1. The molecule has 0 unspecified atom stereocenters. The topological polar surface area (TPSA) is 48.0 Å². The normalized spacial score (nSPS) is 20.0. The molecule has 24 heavy (non-hydrogen) atoms. The number of methoxy groups -OCH3 is 1. The Hall–Kier alpha value is -1.69. The van der Waals surface area contributed by atoms with E-state index in [2.05, 4.69) is 6.08 Å². The molecule has 1 aliphatic rings. The van der Waals surface area contributed by atoms with Gasteiger partial charge in [0.1, 0.15) is 6.79 Å². The summed E-state index contributed by atoms with van der Waals surface area (Å²) in [6.07, 6.45) is 3.32. The van der Waals surface area contributed by atoms with Crippen molar-refractivity contribution in [2.75, 3.05) is 34.6 Å². The lowest BCUT2D eigenvalue weighted by molar-refractivity contribution is -0.128. The molecule has 1 aromatic rings. The Morgan fingerprint density at radius 3 is 2.67 bits per heavy atom. The van der Waals surface area contributed by atoms with Gasteiger partial charge in [0.2, 0.25) is 5.91 Å². The number of ether oxygens (including phenoxy) is 3. The first-order valence-electron chi connectivity index (χ1n) is 8.23. The van der Waals surface area contributed by atoms with Gasteiger partial charge < -0.3 is 19.1 Å². The summed E-state index contributed by atoms with van der Waals surface area (Å²) in [7, 11) is 5.16. The van der Waals surface area contributed by atoms with Crippen LogP contribution in [0.25, 0.3) is 0 Å². The van der Waals surface area contributed by atoms with E-state index in [1.807, 2.05) is 30.3 Å². The van der Waals surface area contributed by atoms with Crippen LogP contribution >= 0.6 is 0 Å². The van der Waals surface area contributed by atoms with E-state index in [-0.39, 0.29) is 24.7 Å². The average Bonchev–Trinajstić information content (AvgIpc) is 2.95. The van der Waals surface area contributed by atoms with Crippen LogP contribution in [0.3, 0.4) is 0 Å². The second-order valence-corrected chi connectivity index (χ2v) is 6.20. The first kappa shape index (κ1) is 18.6. The van der Waals surface area contributed by atoms with Gasteiger partial charge in [0.15, 0.2) is 0 Å². The number of rotatable bonds is 9. The third-order valence-electron chi connectivity index (χ3n) is 4.20. The molecule has 0 N–H and O–H groups in total. The third-order valence-corrected chi connectivity index (χ3v) is 4.20. The maximum Gasteiger partial charge on any atom is 0.226 e. The van der Waals surface area contributed by atoms with Gasteiger partial charge in [-0.25, -0.2) is 0 Å². The molecule has 0 aliphatic heterocycles. The number of hydrogen-bond donors (Lipinski definition) is 0. The molecule has 132 valence electrons. The van der Waals surface area contributed by atoms with Crippen LogP contribution in [0.4, 0.5) is 0 Å². The molecule has 0 saturated heterocycles. The van der Waals surface area contributed by atoms with Gasteiger partial charge in [-0.3, -0.25) is 4.79 Å². The summed E-state index contributed by atoms with van der Waals surface area (Å²) in [4.78, 5) is 13.7. The van der Waals surface area contributed by atoms with Gasteiger partial charge in [0.25, 0.3) is 0 Å². The van der Waals surface area contributed by atoms with Gasteiger partial charge in [-0.05, 0) is 12.0 Å². The zero-order chi connectivity index (χ0) is 17.4. The molecule has 2 atom stereocenters. The van der Waals surface area contributed by atoms with Gasteiger partial charge >= 0.3 is 0 Å². The second kappa shape index (κ2) is 9.57. The Morgan fingerprint density at radius 2 is 2.00 bits per heavy atom. The van der Waals surface area contributed by atoms with E-state index >= 15 is 0 Å². The minimum Gasteiger partial charge on any atom is -0.376 e. The standard InChI is InChI=1S/C19H27NO4/c1-20(2)19(21)11-16-9-10-18(24-14-22-3)17(16)13-23-12-15-7-5-4-6-8-15/h4-9,17-18H,10-14H2,1-3H3/t17-,18+/m0/s1. The van der Waals surface area contributed by atoms with Crippen LogP contribution in [0.1, 0.15) is 18.4 Å². The van der Waals surface area contributed by atoms with E-state index < -0.39 is 0 Å². The Labute approximate surface area is 144 Å². The van der Waals surface area contributed by atoms with Crippen molar-refractivity contribution in [2.45, 2.75) is 25.6 Å². The molecule has 5 nitrogen and oxygen atoms in total. The summed E-state index contributed by atoms with van der Waals surface area (Å²) in [5, 5.41) is 0. The maximum absolute atomic E-state index is 12.0. The van der Waals surface area contributed by atoms with Gasteiger partial charge in [-0.1, -0.05) is 42.0 Å². The highest BCUT2D eigenvalue weighted by atomic mass is 16.7. The number of amides is 1. The fraction of sp³-hybridized carbons (Fsp3) is 0.526. The number of carbonyl (C=O) groups excluding carboxylic acids is 1. The molecule has 2 rings (SSSR count). The highest BCUT2D eigenvalue weighted by Gasteiger charge is 2.32. The van der Waals surface area contributed by atoms with Gasteiger partial charge in [-0.15, -0.1) is 0 Å². The molecule has 0 radical (unpaired) electrons. The summed E-state index contributed by atoms with van der Waals surface area (Å²) < 4.78 is 16.7. The molecular formula is C19H27NO4. The highest BCUT2D eigenvalue weighted by Crippen LogP contribution is 2.32. The predicted molar refractivity (Wildman–Crippen MR) is 92.3 cm³/mol. The molecular weight excluding hydrogens is 306 g/mol. The largest absolute Gasteiger partial charge is 0.376 e. The Kier molecular flexibility index (Phi) is 7.43. The summed E-state index contributed by atoms with van der Waals surface area (Å²) in [6.45, 7) is 1.35. The van der Waals surface area contributed by atoms with Gasteiger partial charge in [-0.2, -0.15) is 0 Å². The van der Waals surface area contributed by atoms with Crippen LogP contribution in [0.15, 0.2) is 42.0 Å². The van der Waals surface area contributed by atoms with Crippen molar-refractivity contribution in [3.8, 4) is 0 Å². The molecule has 1 amide bonds. The summed E-state index contributed by atoms with van der Waals surface area (Å²) in [5.74, 6) is 0.189. The van der Waals surface area contributed by atoms with E-state index in [0.29, 0.717) is 19.6 Å². The lowest BCUT2D eigenvalue weighted by Gasteiger charge is -2.23. The van der Waals surface area contributed by atoms with E-state index in [4.69, 9.17) is 14.2 Å². The highest BCUT2D eigenvalue weighted by molar-refractivity contribution is 5.78. The second-order valence-electron chi connectivity index (χ2n) is 6.20. The molecule has 0 heterocycles. The van der Waals surface area contributed by atoms with E-state index in [0.717, 1.165) is 17.6 Å². The maximum atomic E-state index is 12.0. The zero-order valence-corrected chi connectivity index (χ0v) is 14.7. The van der Waals surface area contributed by atoms with Crippen LogP contribution in [-0.2, 0) is 25.6 Å². The molecule has 0 saturated carbocycles. The molecule has 5 heteroatoms. The van der Waals surface area contributed by atoms with Crippen molar-refractivity contribution in [1.29, 1.82) is 0 Å². The van der Waals surface area contributed by atoms with Crippen molar-refractivity contribution < 1.29 is 19.0 Å². The molecule has 1 aliphatic carbocycles. The number of benzene rings is 1. The molecule has 1 aromatic carbocycles. The Bertz CT molecular complexity index is 542. The smallest absolute Gasteiger partial charge is 0.226 e. The first-order valence-corrected chi connectivity index (χ1v) is 8.23. The van der Waals surface area contributed by atoms with Crippen LogP contribution in [0.5, 0.6) is 0 Å². The van der Waals surface area contributed by atoms with Crippen molar-refractivity contribution >= 4 is 5.91 Å². The monoisotopic (exact) mass is 333 g/mol. The Morgan fingerprint density at radius 1 is 1.25 bits per heavy atom. The first-order chi connectivity index (χ1) is 11.6. The molecule has 0 bridgehead atoms. The van der Waals surface area contributed by atoms with Crippen molar-refractivity contribution in [3.63, 3.8) is 0 Å². The summed E-state index contributed by atoms with van der Waals surface area (Å²) >= 11 is 0. The molecule has 0 aromatic heterocycles. The van der Waals surface area contributed by atoms with E-state index in [9.17, 15) is 4.79 Å². The van der Waals surface area contributed by atoms with E-state index in [1.165, 1.54) is 0 Å². The van der Waals surface area contributed by atoms with Gasteiger partial charge in [0.05, 0.1) is 19.3 Å². The quantitative estimate of drug-likeness (QED) is 0.515. The number of hydrogen-bond acceptors (Lipinski definition) is 4. The van der Waals surface area contributed by atoms with Crippen LogP contribution in [0, 0.1) is 5.92 Å². The molecule has 0 spiro atoms. The predicted octanol–water partition coefficient (Wildman–Crippen LogP) is 2.62. The van der Waals surface area contributed by atoms with Crippen molar-refractivity contribution in [3.05, 3.63) is 47.5 Å². The zero-order valence-electron chi connectivity index (χ0n) is 14.7. The van der Waals surface area contributed by atoms with Crippen LogP contribution in [0.2, 0.25) is 0 Å². The fourth-order valence-corrected chi connectivity index (χ4v) is 2.79. The van der Waals surface area contributed by atoms with E-state index in [1.54, 1.807) is 26.1 Å². The fourth-order valence-electron chi connectivity index (χ4n) is 2.79.